The van der Waals surface area contributed by atoms with E-state index in [-0.39, 0.29) is 11.8 Å². The maximum absolute atomic E-state index is 10.7. The molecule has 0 aromatic heterocycles. The Morgan fingerprint density at radius 3 is 2.67 bits per heavy atom. The SMILES string of the molecule is CC(=O)C1CSC(C)N1. The lowest BCUT2D eigenvalue weighted by atomic mass is 10.2. The summed E-state index contributed by atoms with van der Waals surface area (Å²) in [6.45, 7) is 3.71. The molecule has 0 spiro atoms. The third kappa shape index (κ3) is 1.69. The highest BCUT2D eigenvalue weighted by Crippen LogP contribution is 2.17. The van der Waals surface area contributed by atoms with Gasteiger partial charge in [0.15, 0.2) is 0 Å². The van der Waals surface area contributed by atoms with Gasteiger partial charge in [-0.25, -0.2) is 0 Å². The third-order valence-corrected chi connectivity index (χ3v) is 2.60. The van der Waals surface area contributed by atoms with Gasteiger partial charge in [0.1, 0.15) is 5.78 Å². The number of Topliss-reactive ketones (excluding diaryl/α,β-unsaturated/α-hetero) is 1. The number of hydrogen-bond donors (Lipinski definition) is 1. The van der Waals surface area contributed by atoms with Crippen LogP contribution >= 0.6 is 11.8 Å². The van der Waals surface area contributed by atoms with Crippen molar-refractivity contribution in [1.29, 1.82) is 0 Å². The first-order valence-corrected chi connectivity index (χ1v) is 4.13. The lowest BCUT2D eigenvalue weighted by Gasteiger charge is -2.04. The Hall–Kier alpha value is -0.0200. The summed E-state index contributed by atoms with van der Waals surface area (Å²) in [5.74, 6) is 1.20. The van der Waals surface area contributed by atoms with Crippen LogP contribution in [0.2, 0.25) is 0 Å². The minimum absolute atomic E-state index is 0.116. The Morgan fingerprint density at radius 2 is 2.44 bits per heavy atom. The van der Waals surface area contributed by atoms with Gasteiger partial charge < -0.3 is 0 Å². The summed E-state index contributed by atoms with van der Waals surface area (Å²) >= 11 is 1.80. The molecule has 52 valence electrons. The minimum atomic E-state index is 0.116. The predicted octanol–water partition coefficient (Wildman–Crippen LogP) is 0.626. The zero-order chi connectivity index (χ0) is 6.85. The number of carbonyl (C=O) groups excluding carboxylic acids is 1. The predicted molar refractivity (Wildman–Crippen MR) is 39.5 cm³/mol. The van der Waals surface area contributed by atoms with Gasteiger partial charge in [-0.1, -0.05) is 0 Å². The number of ketones is 1. The van der Waals surface area contributed by atoms with E-state index in [0.29, 0.717) is 5.37 Å². The smallest absolute Gasteiger partial charge is 0.147 e. The highest BCUT2D eigenvalue weighted by atomic mass is 32.2. The number of carbonyl (C=O) groups is 1. The van der Waals surface area contributed by atoms with Gasteiger partial charge in [-0.05, 0) is 13.8 Å². The normalized spacial score (nSPS) is 34.9. The van der Waals surface area contributed by atoms with Crippen LogP contribution in [0.25, 0.3) is 0 Å². The van der Waals surface area contributed by atoms with Gasteiger partial charge in [-0.15, -0.1) is 11.8 Å². The molecule has 0 radical (unpaired) electrons. The van der Waals surface area contributed by atoms with Crippen molar-refractivity contribution in [3.05, 3.63) is 0 Å². The molecule has 1 fully saturated rings. The molecule has 0 bridgehead atoms. The number of hydrogen-bond acceptors (Lipinski definition) is 3. The monoisotopic (exact) mass is 145 g/mol. The fourth-order valence-electron chi connectivity index (χ4n) is 0.855. The zero-order valence-electron chi connectivity index (χ0n) is 5.68. The molecule has 0 aliphatic carbocycles. The van der Waals surface area contributed by atoms with E-state index in [2.05, 4.69) is 12.2 Å². The first kappa shape index (κ1) is 7.09. The van der Waals surface area contributed by atoms with E-state index in [1.807, 2.05) is 0 Å². The summed E-state index contributed by atoms with van der Waals surface area (Å²) in [6, 6.07) is 0.116. The van der Waals surface area contributed by atoms with Crippen LogP contribution in [-0.2, 0) is 4.79 Å². The molecule has 0 aromatic carbocycles. The van der Waals surface area contributed by atoms with Gasteiger partial charge in [0, 0.05) is 5.75 Å². The van der Waals surface area contributed by atoms with E-state index in [1.54, 1.807) is 18.7 Å². The van der Waals surface area contributed by atoms with Gasteiger partial charge in [0.05, 0.1) is 11.4 Å². The minimum Gasteiger partial charge on any atom is -0.298 e. The largest absolute Gasteiger partial charge is 0.298 e. The molecule has 0 saturated carbocycles. The highest BCUT2D eigenvalue weighted by Gasteiger charge is 2.23. The molecular formula is C6H11NOS. The lowest BCUT2D eigenvalue weighted by Crippen LogP contribution is -2.33. The van der Waals surface area contributed by atoms with Crippen LogP contribution in [0.15, 0.2) is 0 Å². The summed E-state index contributed by atoms with van der Waals surface area (Å²) < 4.78 is 0. The van der Waals surface area contributed by atoms with Crippen molar-refractivity contribution in [2.75, 3.05) is 5.75 Å². The molecule has 1 aliphatic rings. The van der Waals surface area contributed by atoms with Crippen LogP contribution in [0.5, 0.6) is 0 Å². The van der Waals surface area contributed by atoms with Gasteiger partial charge in [-0.3, -0.25) is 10.1 Å². The van der Waals surface area contributed by atoms with Gasteiger partial charge >= 0.3 is 0 Å². The van der Waals surface area contributed by atoms with Crippen LogP contribution in [0, 0.1) is 0 Å². The number of nitrogens with one attached hydrogen (secondary N) is 1. The molecule has 1 aliphatic heterocycles. The summed E-state index contributed by atoms with van der Waals surface area (Å²) in [5, 5.41) is 3.62. The van der Waals surface area contributed by atoms with Crippen molar-refractivity contribution in [3.63, 3.8) is 0 Å². The van der Waals surface area contributed by atoms with Gasteiger partial charge in [-0.2, -0.15) is 0 Å². The second-order valence-corrected chi connectivity index (χ2v) is 3.68. The second-order valence-electron chi connectivity index (χ2n) is 2.31. The first-order chi connectivity index (χ1) is 4.20. The molecule has 9 heavy (non-hydrogen) atoms. The molecule has 0 aromatic rings. The molecule has 1 saturated heterocycles. The van der Waals surface area contributed by atoms with E-state index in [0.717, 1.165) is 5.75 Å². The van der Waals surface area contributed by atoms with Crippen molar-refractivity contribution in [2.24, 2.45) is 0 Å². The van der Waals surface area contributed by atoms with Crippen molar-refractivity contribution in [2.45, 2.75) is 25.3 Å². The van der Waals surface area contributed by atoms with Crippen LogP contribution in [-0.4, -0.2) is 23.0 Å². The zero-order valence-corrected chi connectivity index (χ0v) is 6.49. The Labute approximate surface area is 59.4 Å². The Morgan fingerprint density at radius 1 is 1.78 bits per heavy atom. The first-order valence-electron chi connectivity index (χ1n) is 3.08. The van der Waals surface area contributed by atoms with Crippen LogP contribution in [0.1, 0.15) is 13.8 Å². The summed E-state index contributed by atoms with van der Waals surface area (Å²) in [5.41, 5.74) is 0. The topological polar surface area (TPSA) is 29.1 Å². The molecular weight excluding hydrogens is 134 g/mol. The second kappa shape index (κ2) is 2.71. The number of thioether (sulfide) groups is 1. The lowest BCUT2D eigenvalue weighted by molar-refractivity contribution is -0.118. The molecule has 1 rings (SSSR count). The average molecular weight is 145 g/mol. The molecule has 1 N–H and O–H groups in total. The number of rotatable bonds is 1. The van der Waals surface area contributed by atoms with E-state index >= 15 is 0 Å². The highest BCUT2D eigenvalue weighted by molar-refractivity contribution is 8.00. The summed E-state index contributed by atoms with van der Waals surface area (Å²) in [4.78, 5) is 10.7. The van der Waals surface area contributed by atoms with Crippen molar-refractivity contribution >= 4 is 17.5 Å². The maximum Gasteiger partial charge on any atom is 0.147 e. The Kier molecular flexibility index (Phi) is 2.13. The third-order valence-electron chi connectivity index (χ3n) is 1.44. The van der Waals surface area contributed by atoms with Crippen LogP contribution in [0.3, 0.4) is 0 Å². The Balaban J connectivity index is 2.39. The van der Waals surface area contributed by atoms with E-state index in [1.165, 1.54) is 0 Å². The van der Waals surface area contributed by atoms with Gasteiger partial charge in [0.25, 0.3) is 0 Å². The van der Waals surface area contributed by atoms with Gasteiger partial charge in [0.2, 0.25) is 0 Å². The molecule has 2 unspecified atom stereocenters. The summed E-state index contributed by atoms with van der Waals surface area (Å²) in [6.07, 6.45) is 0. The van der Waals surface area contributed by atoms with Crippen molar-refractivity contribution < 1.29 is 4.79 Å². The maximum atomic E-state index is 10.7. The Bertz CT molecular complexity index is 126. The molecule has 0 amide bonds. The quantitative estimate of drug-likeness (QED) is 0.586. The molecule has 1 heterocycles. The van der Waals surface area contributed by atoms with E-state index in [4.69, 9.17) is 0 Å². The molecule has 3 heteroatoms. The van der Waals surface area contributed by atoms with E-state index in [9.17, 15) is 4.79 Å². The molecule has 2 atom stereocenters. The fourth-order valence-corrected chi connectivity index (χ4v) is 1.93. The molecule has 2 nitrogen and oxygen atoms in total. The van der Waals surface area contributed by atoms with Crippen LogP contribution in [0.4, 0.5) is 0 Å². The van der Waals surface area contributed by atoms with Crippen LogP contribution < -0.4 is 5.32 Å². The van der Waals surface area contributed by atoms with Crippen molar-refractivity contribution in [3.8, 4) is 0 Å². The standard InChI is InChI=1S/C6H11NOS/c1-4(8)6-3-9-5(2)7-6/h5-7H,3H2,1-2H3. The summed E-state index contributed by atoms with van der Waals surface area (Å²) in [7, 11) is 0. The average Bonchev–Trinajstić information content (AvgIpc) is 2.14. The van der Waals surface area contributed by atoms with Crippen molar-refractivity contribution in [1.82, 2.24) is 5.32 Å². The fraction of sp³-hybridized carbons (Fsp3) is 0.833. The van der Waals surface area contributed by atoms with E-state index < -0.39 is 0 Å².